The van der Waals surface area contributed by atoms with Crippen LogP contribution in [0.3, 0.4) is 0 Å². The molecule has 0 radical (unpaired) electrons. The summed E-state index contributed by atoms with van der Waals surface area (Å²) in [5.74, 6) is 0.931. The summed E-state index contributed by atoms with van der Waals surface area (Å²) in [5, 5.41) is 0. The first-order valence-electron chi connectivity index (χ1n) is 6.03. The van der Waals surface area contributed by atoms with Crippen molar-refractivity contribution in [3.05, 3.63) is 0 Å². The molecule has 0 bridgehead atoms. The molecule has 1 saturated carbocycles. The molecule has 0 aromatic carbocycles. The van der Waals surface area contributed by atoms with Gasteiger partial charge in [-0.25, -0.2) is 0 Å². The SMILES string of the molecule is CCCN(CC)[C@@H]1CCCC[C@@H]1C. The quantitative estimate of drug-likeness (QED) is 0.646. The molecule has 0 amide bonds. The van der Waals surface area contributed by atoms with Crippen molar-refractivity contribution in [3.63, 3.8) is 0 Å². The first-order valence-corrected chi connectivity index (χ1v) is 6.03. The molecule has 2 atom stereocenters. The van der Waals surface area contributed by atoms with Crippen LogP contribution in [-0.4, -0.2) is 24.0 Å². The molecule has 0 saturated heterocycles. The summed E-state index contributed by atoms with van der Waals surface area (Å²) in [7, 11) is 0. The zero-order valence-corrected chi connectivity index (χ0v) is 9.55. The zero-order valence-electron chi connectivity index (χ0n) is 9.55. The molecule has 0 heterocycles. The van der Waals surface area contributed by atoms with Crippen LogP contribution in [0, 0.1) is 5.92 Å². The van der Waals surface area contributed by atoms with Crippen molar-refractivity contribution < 1.29 is 0 Å². The zero-order chi connectivity index (χ0) is 9.68. The lowest BCUT2D eigenvalue weighted by molar-refractivity contribution is 0.117. The van der Waals surface area contributed by atoms with E-state index < -0.39 is 0 Å². The first kappa shape index (κ1) is 11.0. The highest BCUT2D eigenvalue weighted by Crippen LogP contribution is 2.27. The van der Waals surface area contributed by atoms with Crippen molar-refractivity contribution in [2.45, 2.75) is 58.9 Å². The maximum Gasteiger partial charge on any atom is 0.0121 e. The molecule has 0 spiro atoms. The van der Waals surface area contributed by atoms with E-state index in [1.54, 1.807) is 0 Å². The van der Waals surface area contributed by atoms with E-state index in [-0.39, 0.29) is 0 Å². The fourth-order valence-corrected chi connectivity index (χ4v) is 2.68. The van der Waals surface area contributed by atoms with E-state index in [1.165, 1.54) is 45.2 Å². The summed E-state index contributed by atoms with van der Waals surface area (Å²) in [6.07, 6.45) is 7.10. The van der Waals surface area contributed by atoms with Crippen LogP contribution in [0.15, 0.2) is 0 Å². The second kappa shape index (κ2) is 5.64. The third kappa shape index (κ3) is 2.98. The van der Waals surface area contributed by atoms with Gasteiger partial charge in [-0.2, -0.15) is 0 Å². The molecule has 13 heavy (non-hydrogen) atoms. The number of hydrogen-bond donors (Lipinski definition) is 0. The second-order valence-electron chi connectivity index (χ2n) is 4.46. The molecule has 1 heteroatoms. The van der Waals surface area contributed by atoms with Crippen LogP contribution in [0.25, 0.3) is 0 Å². The Morgan fingerprint density at radius 3 is 2.38 bits per heavy atom. The molecule has 0 aliphatic heterocycles. The van der Waals surface area contributed by atoms with Gasteiger partial charge in [-0.05, 0) is 38.3 Å². The van der Waals surface area contributed by atoms with Crippen molar-refractivity contribution in [1.82, 2.24) is 4.90 Å². The molecule has 1 aliphatic carbocycles. The van der Waals surface area contributed by atoms with Crippen LogP contribution in [0.5, 0.6) is 0 Å². The lowest BCUT2D eigenvalue weighted by atomic mass is 9.85. The van der Waals surface area contributed by atoms with Crippen LogP contribution >= 0.6 is 0 Å². The Morgan fingerprint density at radius 1 is 1.15 bits per heavy atom. The molecule has 78 valence electrons. The lowest BCUT2D eigenvalue weighted by Crippen LogP contribution is -2.41. The normalized spacial score (nSPS) is 29.5. The van der Waals surface area contributed by atoms with Gasteiger partial charge in [-0.15, -0.1) is 0 Å². The molecular weight excluding hydrogens is 158 g/mol. The van der Waals surface area contributed by atoms with Gasteiger partial charge in [-0.3, -0.25) is 0 Å². The topological polar surface area (TPSA) is 3.24 Å². The van der Waals surface area contributed by atoms with E-state index in [2.05, 4.69) is 25.7 Å². The van der Waals surface area contributed by atoms with E-state index >= 15 is 0 Å². The van der Waals surface area contributed by atoms with E-state index in [4.69, 9.17) is 0 Å². The highest BCUT2D eigenvalue weighted by molar-refractivity contribution is 4.80. The van der Waals surface area contributed by atoms with Gasteiger partial charge in [0.25, 0.3) is 0 Å². The van der Waals surface area contributed by atoms with Crippen molar-refractivity contribution in [2.24, 2.45) is 5.92 Å². The smallest absolute Gasteiger partial charge is 0.0121 e. The number of hydrogen-bond acceptors (Lipinski definition) is 1. The van der Waals surface area contributed by atoms with Crippen LogP contribution < -0.4 is 0 Å². The molecule has 0 aromatic rings. The first-order chi connectivity index (χ1) is 6.29. The van der Waals surface area contributed by atoms with Gasteiger partial charge in [0, 0.05) is 6.04 Å². The maximum atomic E-state index is 2.68. The van der Waals surface area contributed by atoms with Crippen LogP contribution in [0.2, 0.25) is 0 Å². The van der Waals surface area contributed by atoms with Crippen molar-refractivity contribution in [3.8, 4) is 0 Å². The van der Waals surface area contributed by atoms with Gasteiger partial charge in [-0.1, -0.05) is 33.6 Å². The standard InChI is InChI=1S/C12H25N/c1-4-10-13(5-2)12-9-7-6-8-11(12)3/h11-12H,4-10H2,1-3H3/t11-,12+/m0/s1. The summed E-state index contributed by atoms with van der Waals surface area (Å²) in [5.41, 5.74) is 0. The van der Waals surface area contributed by atoms with Gasteiger partial charge >= 0.3 is 0 Å². The highest BCUT2D eigenvalue weighted by atomic mass is 15.1. The molecule has 0 N–H and O–H groups in total. The third-order valence-corrected chi connectivity index (χ3v) is 3.45. The minimum atomic E-state index is 0.888. The van der Waals surface area contributed by atoms with Crippen LogP contribution in [0.1, 0.15) is 52.9 Å². The fourth-order valence-electron chi connectivity index (χ4n) is 2.68. The van der Waals surface area contributed by atoms with E-state index in [1.807, 2.05) is 0 Å². The Bertz CT molecular complexity index is 133. The van der Waals surface area contributed by atoms with Gasteiger partial charge in [0.05, 0.1) is 0 Å². The highest BCUT2D eigenvalue weighted by Gasteiger charge is 2.25. The molecule has 1 aliphatic rings. The number of nitrogens with zero attached hydrogens (tertiary/aromatic N) is 1. The monoisotopic (exact) mass is 183 g/mol. The molecule has 0 aromatic heterocycles. The molecule has 1 nitrogen and oxygen atoms in total. The van der Waals surface area contributed by atoms with E-state index in [0.29, 0.717) is 0 Å². The Kier molecular flexibility index (Phi) is 4.79. The molecule has 0 unspecified atom stereocenters. The Hall–Kier alpha value is -0.0400. The van der Waals surface area contributed by atoms with Gasteiger partial charge in [0.2, 0.25) is 0 Å². The largest absolute Gasteiger partial charge is 0.300 e. The average Bonchev–Trinajstić information content (AvgIpc) is 2.16. The Labute approximate surface area is 83.5 Å². The third-order valence-electron chi connectivity index (χ3n) is 3.45. The van der Waals surface area contributed by atoms with E-state index in [9.17, 15) is 0 Å². The van der Waals surface area contributed by atoms with Crippen LogP contribution in [0.4, 0.5) is 0 Å². The summed E-state index contributed by atoms with van der Waals surface area (Å²) in [6.45, 7) is 9.56. The molecule has 1 fully saturated rings. The van der Waals surface area contributed by atoms with Crippen molar-refractivity contribution >= 4 is 0 Å². The maximum absolute atomic E-state index is 2.68. The minimum Gasteiger partial charge on any atom is -0.300 e. The van der Waals surface area contributed by atoms with Gasteiger partial charge < -0.3 is 4.90 Å². The second-order valence-corrected chi connectivity index (χ2v) is 4.46. The summed E-state index contributed by atoms with van der Waals surface area (Å²) < 4.78 is 0. The lowest BCUT2D eigenvalue weighted by Gasteiger charge is -2.38. The predicted molar refractivity (Wildman–Crippen MR) is 59.0 cm³/mol. The van der Waals surface area contributed by atoms with Gasteiger partial charge in [0.1, 0.15) is 0 Å². The van der Waals surface area contributed by atoms with E-state index in [0.717, 1.165) is 12.0 Å². The average molecular weight is 183 g/mol. The number of rotatable bonds is 4. The summed E-state index contributed by atoms with van der Waals surface area (Å²) in [6, 6.07) is 0.888. The van der Waals surface area contributed by atoms with Crippen LogP contribution in [-0.2, 0) is 0 Å². The van der Waals surface area contributed by atoms with Crippen molar-refractivity contribution in [2.75, 3.05) is 13.1 Å². The minimum absolute atomic E-state index is 0.888. The summed E-state index contributed by atoms with van der Waals surface area (Å²) >= 11 is 0. The molecular formula is C12H25N. The Balaban J connectivity index is 2.44. The summed E-state index contributed by atoms with van der Waals surface area (Å²) in [4.78, 5) is 2.68. The Morgan fingerprint density at radius 2 is 1.85 bits per heavy atom. The van der Waals surface area contributed by atoms with Gasteiger partial charge in [0.15, 0.2) is 0 Å². The fraction of sp³-hybridized carbons (Fsp3) is 1.00. The predicted octanol–water partition coefficient (Wildman–Crippen LogP) is 3.30. The van der Waals surface area contributed by atoms with Crippen molar-refractivity contribution in [1.29, 1.82) is 0 Å². The molecule has 1 rings (SSSR count).